The maximum absolute atomic E-state index is 12.1. The largest absolute Gasteiger partial charge is 0.492 e. The van der Waals surface area contributed by atoms with Crippen LogP contribution in [0, 0.1) is 6.92 Å². The maximum atomic E-state index is 12.1. The van der Waals surface area contributed by atoms with Gasteiger partial charge in [-0.05, 0) is 64.8 Å². The van der Waals surface area contributed by atoms with Crippen LogP contribution in [0.3, 0.4) is 0 Å². The monoisotopic (exact) mass is 473 g/mol. The van der Waals surface area contributed by atoms with Gasteiger partial charge in [0.25, 0.3) is 0 Å². The number of hydrogen-bond donors (Lipinski definition) is 2. The van der Waals surface area contributed by atoms with Gasteiger partial charge >= 0.3 is 5.97 Å². The number of rotatable bonds is 13. The van der Waals surface area contributed by atoms with E-state index >= 15 is 0 Å². The van der Waals surface area contributed by atoms with Gasteiger partial charge in [-0.15, -0.1) is 0 Å². The predicted octanol–water partition coefficient (Wildman–Crippen LogP) is 3.35. The maximum Gasteiger partial charge on any atom is 0.326 e. The van der Waals surface area contributed by atoms with Crippen LogP contribution in [-0.4, -0.2) is 73.5 Å². The Hall–Kier alpha value is -2.97. The van der Waals surface area contributed by atoms with E-state index in [1.54, 1.807) is 26.8 Å². The lowest BCUT2D eigenvalue weighted by Gasteiger charge is -2.21. The third-order valence-corrected chi connectivity index (χ3v) is 4.68. The number of hydrogen-bond acceptors (Lipinski definition) is 8. The number of aliphatic hydroxyl groups is 1. The topological polar surface area (TPSA) is 100 Å². The van der Waals surface area contributed by atoms with Crippen LogP contribution >= 0.6 is 0 Å². The Morgan fingerprint density at radius 3 is 2.47 bits per heavy atom. The van der Waals surface area contributed by atoms with Gasteiger partial charge in [-0.2, -0.15) is 0 Å². The fourth-order valence-electron chi connectivity index (χ4n) is 2.98. The molecule has 0 aliphatic carbocycles. The number of aldehydes is 1. The summed E-state index contributed by atoms with van der Waals surface area (Å²) in [4.78, 5) is 29.9. The molecule has 1 aromatic carbocycles. The van der Waals surface area contributed by atoms with Crippen molar-refractivity contribution < 1.29 is 24.2 Å². The minimum absolute atomic E-state index is 0.257. The van der Waals surface area contributed by atoms with E-state index in [0.29, 0.717) is 17.9 Å². The number of benzene rings is 1. The highest BCUT2D eigenvalue weighted by atomic mass is 16.5. The van der Waals surface area contributed by atoms with Gasteiger partial charge in [-0.1, -0.05) is 6.07 Å². The van der Waals surface area contributed by atoms with Crippen LogP contribution in [0.1, 0.15) is 40.2 Å². The minimum atomic E-state index is -0.893. The number of carbonyl (C=O) groups is 2. The summed E-state index contributed by atoms with van der Waals surface area (Å²) in [6, 6.07) is 4.81. The van der Waals surface area contributed by atoms with E-state index in [9.17, 15) is 14.7 Å². The van der Waals surface area contributed by atoms with Crippen LogP contribution in [0.15, 0.2) is 46.6 Å². The molecule has 34 heavy (non-hydrogen) atoms. The van der Waals surface area contributed by atoms with Crippen LogP contribution < -0.4 is 10.1 Å². The van der Waals surface area contributed by atoms with Crippen molar-refractivity contribution in [3.8, 4) is 5.75 Å². The molecular weight excluding hydrogens is 434 g/mol. The van der Waals surface area contributed by atoms with Gasteiger partial charge in [-0.3, -0.25) is 19.9 Å². The average molecular weight is 474 g/mol. The molecule has 2 unspecified atom stereocenters. The van der Waals surface area contributed by atoms with E-state index in [1.807, 2.05) is 57.2 Å². The number of nitrogens with one attached hydrogen (secondary N) is 1. The third-order valence-electron chi connectivity index (χ3n) is 4.68. The molecule has 0 aromatic heterocycles. The molecule has 8 nitrogen and oxygen atoms in total. The van der Waals surface area contributed by atoms with Crippen molar-refractivity contribution in [3.05, 3.63) is 47.2 Å². The van der Waals surface area contributed by atoms with E-state index in [1.165, 1.54) is 6.92 Å². The van der Waals surface area contributed by atoms with Gasteiger partial charge in [0.15, 0.2) is 0 Å². The van der Waals surface area contributed by atoms with E-state index in [4.69, 9.17) is 14.5 Å². The smallest absolute Gasteiger partial charge is 0.326 e. The molecule has 1 rings (SSSR count). The van der Waals surface area contributed by atoms with Crippen LogP contribution in [0.25, 0.3) is 0 Å². The predicted molar refractivity (Wildman–Crippen MR) is 136 cm³/mol. The fourth-order valence-corrected chi connectivity index (χ4v) is 2.98. The van der Waals surface area contributed by atoms with Gasteiger partial charge in [0.05, 0.1) is 17.9 Å². The zero-order valence-corrected chi connectivity index (χ0v) is 21.6. The standard InChI is InChI=1S/C26H39N3O5/c1-17(2)34-26(32)25(21(6)31)27-11-12-33-23-10-9-19(4)24(14-23)28-20(5)22(15-29(7)8)13-18(3)16-30/h9-10,13-17,21,25,27,31H,11-12H2,1-8H3/b18-13-,22-15+,28-20?. The molecule has 8 heteroatoms. The van der Waals surface area contributed by atoms with Gasteiger partial charge in [0, 0.05) is 44.2 Å². The number of aryl methyl sites for hydroxylation is 1. The second-order valence-electron chi connectivity index (χ2n) is 8.71. The van der Waals surface area contributed by atoms with Crippen molar-refractivity contribution >= 4 is 23.7 Å². The molecule has 0 aliphatic heterocycles. The quantitative estimate of drug-likeness (QED) is 0.113. The highest BCUT2D eigenvalue weighted by Gasteiger charge is 2.25. The summed E-state index contributed by atoms with van der Waals surface area (Å²) in [6.07, 6.45) is 3.38. The Kier molecular flexibility index (Phi) is 12.2. The molecule has 0 saturated carbocycles. The molecule has 0 fully saturated rings. The molecule has 2 N–H and O–H groups in total. The molecule has 0 spiro atoms. The zero-order chi connectivity index (χ0) is 25.8. The first-order chi connectivity index (χ1) is 15.9. The second kappa shape index (κ2) is 14.3. The summed E-state index contributed by atoms with van der Waals surface area (Å²) in [5, 5.41) is 12.9. The summed E-state index contributed by atoms with van der Waals surface area (Å²) in [7, 11) is 3.82. The summed E-state index contributed by atoms with van der Waals surface area (Å²) < 4.78 is 11.0. The Morgan fingerprint density at radius 2 is 1.91 bits per heavy atom. The number of nitrogens with zero attached hydrogens (tertiary/aromatic N) is 2. The third kappa shape index (κ3) is 10.3. The van der Waals surface area contributed by atoms with E-state index < -0.39 is 18.1 Å². The molecule has 0 heterocycles. The fraction of sp³-hybridized carbons (Fsp3) is 0.500. The van der Waals surface area contributed by atoms with E-state index in [-0.39, 0.29) is 12.7 Å². The Morgan fingerprint density at radius 1 is 1.24 bits per heavy atom. The molecule has 0 aliphatic rings. The van der Waals surface area contributed by atoms with Crippen molar-refractivity contribution in [1.29, 1.82) is 0 Å². The molecule has 0 saturated heterocycles. The summed E-state index contributed by atoms with van der Waals surface area (Å²) >= 11 is 0. The summed E-state index contributed by atoms with van der Waals surface area (Å²) in [5.74, 6) is 0.142. The number of esters is 1. The number of aliphatic imine (C=N–C) groups is 1. The highest BCUT2D eigenvalue weighted by Crippen LogP contribution is 2.26. The Labute approximate surface area is 203 Å². The van der Waals surface area contributed by atoms with Gasteiger partial charge < -0.3 is 19.5 Å². The zero-order valence-electron chi connectivity index (χ0n) is 21.6. The molecule has 188 valence electrons. The van der Waals surface area contributed by atoms with Gasteiger partial charge in [0.2, 0.25) is 0 Å². The lowest BCUT2D eigenvalue weighted by Crippen LogP contribution is -2.47. The second-order valence-corrected chi connectivity index (χ2v) is 8.71. The average Bonchev–Trinajstić information content (AvgIpc) is 2.73. The van der Waals surface area contributed by atoms with Crippen LogP contribution in [0.5, 0.6) is 5.75 Å². The lowest BCUT2D eigenvalue weighted by atomic mass is 10.1. The van der Waals surface area contributed by atoms with Crippen LogP contribution in [0.4, 0.5) is 5.69 Å². The van der Waals surface area contributed by atoms with Crippen molar-refractivity contribution in [3.63, 3.8) is 0 Å². The first kappa shape index (κ1) is 29.1. The summed E-state index contributed by atoms with van der Waals surface area (Å²) in [5.41, 5.74) is 3.95. The number of allylic oxidation sites excluding steroid dienone is 3. The first-order valence-corrected chi connectivity index (χ1v) is 11.4. The van der Waals surface area contributed by atoms with Gasteiger partial charge in [0.1, 0.15) is 24.7 Å². The molecule has 2 atom stereocenters. The molecule has 1 aromatic rings. The SMILES string of the molecule is CC(=Nc1cc(OCCNC(C(=O)OC(C)C)C(C)O)ccc1C)C(/C=C(/C)C=O)=C/N(C)C. The molecular formula is C26H39N3O5. The molecule has 0 radical (unpaired) electrons. The highest BCUT2D eigenvalue weighted by molar-refractivity contribution is 6.03. The van der Waals surface area contributed by atoms with Crippen LogP contribution in [0.2, 0.25) is 0 Å². The van der Waals surface area contributed by atoms with Crippen molar-refractivity contribution in [2.75, 3.05) is 27.2 Å². The Balaban J connectivity index is 2.92. The normalized spacial score (nSPS) is 14.6. The Bertz CT molecular complexity index is 917. The van der Waals surface area contributed by atoms with Crippen molar-refractivity contribution in [2.45, 2.75) is 59.8 Å². The molecule has 0 amide bonds. The van der Waals surface area contributed by atoms with Crippen molar-refractivity contribution in [1.82, 2.24) is 10.2 Å². The van der Waals surface area contributed by atoms with Crippen LogP contribution in [-0.2, 0) is 14.3 Å². The first-order valence-electron chi connectivity index (χ1n) is 11.4. The van der Waals surface area contributed by atoms with E-state index in [2.05, 4.69) is 5.32 Å². The number of ether oxygens (including phenoxy) is 2. The number of aliphatic hydroxyl groups excluding tert-OH is 1. The van der Waals surface area contributed by atoms with Crippen molar-refractivity contribution in [2.24, 2.45) is 4.99 Å². The minimum Gasteiger partial charge on any atom is -0.492 e. The lowest BCUT2D eigenvalue weighted by molar-refractivity contribution is -0.152. The number of carbonyl (C=O) groups excluding carboxylic acids is 2. The van der Waals surface area contributed by atoms with E-state index in [0.717, 1.165) is 28.8 Å². The summed E-state index contributed by atoms with van der Waals surface area (Å²) in [6.45, 7) is 11.3. The molecule has 0 bridgehead atoms. The van der Waals surface area contributed by atoms with Gasteiger partial charge in [-0.25, -0.2) is 0 Å².